The summed E-state index contributed by atoms with van der Waals surface area (Å²) in [6.45, 7) is 8.03. The number of Topliss-reactive ketones (excluding diaryl/α,β-unsaturated/α-hetero) is 2. The molecular formula is C26H29NO8. The van der Waals surface area contributed by atoms with Crippen LogP contribution in [0.15, 0.2) is 46.0 Å². The molecule has 0 bridgehead atoms. The van der Waals surface area contributed by atoms with E-state index in [0.29, 0.717) is 11.0 Å². The molecule has 0 fully saturated rings. The van der Waals surface area contributed by atoms with Gasteiger partial charge in [-0.1, -0.05) is 0 Å². The van der Waals surface area contributed by atoms with Gasteiger partial charge in [-0.3, -0.25) is 19.2 Å². The molecule has 0 amide bonds. The van der Waals surface area contributed by atoms with Gasteiger partial charge in [-0.05, 0) is 64.1 Å². The van der Waals surface area contributed by atoms with Crippen molar-refractivity contribution < 1.29 is 28.5 Å². The van der Waals surface area contributed by atoms with E-state index in [9.17, 15) is 19.2 Å². The maximum Gasteiger partial charge on any atom is 0.235 e. The lowest BCUT2D eigenvalue weighted by Crippen LogP contribution is -2.28. The molecule has 3 rings (SSSR count). The summed E-state index contributed by atoms with van der Waals surface area (Å²) in [5, 5.41) is 0.0800. The van der Waals surface area contributed by atoms with Gasteiger partial charge in [0.25, 0.3) is 0 Å². The fraction of sp³-hybridized carbons (Fsp3) is 0.385. The summed E-state index contributed by atoms with van der Waals surface area (Å²) in [5.74, 6) is -0.909. The number of carbonyl (C=O) groups is 2. The van der Waals surface area contributed by atoms with Gasteiger partial charge in [0.15, 0.2) is 0 Å². The van der Waals surface area contributed by atoms with Crippen molar-refractivity contribution in [3.63, 3.8) is 0 Å². The van der Waals surface area contributed by atoms with Gasteiger partial charge < -0.3 is 23.9 Å². The molecule has 2 aromatic carbocycles. The number of nitrogens with one attached hydrogen (secondary N) is 1. The van der Waals surface area contributed by atoms with Crippen LogP contribution in [0.2, 0.25) is 0 Å². The Kier molecular flexibility index (Phi) is 9.00. The van der Waals surface area contributed by atoms with E-state index < -0.39 is 35.0 Å². The lowest BCUT2D eigenvalue weighted by molar-refractivity contribution is -0.107. The zero-order valence-corrected chi connectivity index (χ0v) is 20.2. The quantitative estimate of drug-likeness (QED) is 0.237. The molecule has 0 atom stereocenters. The SMILES string of the molecule is CCOC(OCC)C(=O)c1ccc2[nH]c3ccc(C(=O)C(OCC)OCC)cc3c(=O)c(=O)c2c1. The van der Waals surface area contributed by atoms with Gasteiger partial charge in [0.1, 0.15) is 0 Å². The normalized spacial score (nSPS) is 11.6. The van der Waals surface area contributed by atoms with Gasteiger partial charge in [-0.25, -0.2) is 0 Å². The second kappa shape index (κ2) is 11.9. The summed E-state index contributed by atoms with van der Waals surface area (Å²) in [6.07, 6.45) is -2.22. The predicted molar refractivity (Wildman–Crippen MR) is 131 cm³/mol. The summed E-state index contributed by atoms with van der Waals surface area (Å²) >= 11 is 0. The zero-order valence-electron chi connectivity index (χ0n) is 20.2. The van der Waals surface area contributed by atoms with E-state index in [1.165, 1.54) is 24.3 Å². The van der Waals surface area contributed by atoms with Crippen LogP contribution in [-0.4, -0.2) is 55.6 Å². The second-order valence-corrected chi connectivity index (χ2v) is 7.52. The first kappa shape index (κ1) is 26.4. The Balaban J connectivity index is 2.14. The van der Waals surface area contributed by atoms with Gasteiger partial charge >= 0.3 is 0 Å². The first-order chi connectivity index (χ1) is 16.9. The number of carbonyl (C=O) groups excluding carboxylic acids is 2. The van der Waals surface area contributed by atoms with Crippen LogP contribution in [0, 0.1) is 0 Å². The number of hydrogen-bond donors (Lipinski definition) is 1. The van der Waals surface area contributed by atoms with Crippen molar-refractivity contribution in [2.75, 3.05) is 26.4 Å². The lowest BCUT2D eigenvalue weighted by Gasteiger charge is -2.15. The number of fused-ring (bicyclic) bond motifs is 2. The van der Waals surface area contributed by atoms with Crippen LogP contribution >= 0.6 is 0 Å². The van der Waals surface area contributed by atoms with Crippen molar-refractivity contribution in [2.45, 2.75) is 40.3 Å². The molecule has 0 spiro atoms. The van der Waals surface area contributed by atoms with E-state index >= 15 is 0 Å². The first-order valence-corrected chi connectivity index (χ1v) is 11.5. The van der Waals surface area contributed by atoms with Crippen molar-refractivity contribution in [1.82, 2.24) is 4.98 Å². The van der Waals surface area contributed by atoms with Gasteiger partial charge in [0, 0.05) is 48.6 Å². The van der Waals surface area contributed by atoms with Crippen molar-refractivity contribution in [1.29, 1.82) is 0 Å². The van der Waals surface area contributed by atoms with Crippen LogP contribution in [-0.2, 0) is 18.9 Å². The molecule has 1 N–H and O–H groups in total. The van der Waals surface area contributed by atoms with Crippen molar-refractivity contribution in [2.24, 2.45) is 0 Å². The van der Waals surface area contributed by atoms with Crippen molar-refractivity contribution in [3.05, 3.63) is 68.0 Å². The molecule has 1 aromatic heterocycles. The Morgan fingerprint density at radius 2 is 1.00 bits per heavy atom. The molecule has 35 heavy (non-hydrogen) atoms. The van der Waals surface area contributed by atoms with Crippen LogP contribution in [0.4, 0.5) is 0 Å². The standard InChI is InChI=1S/C26H29NO8/c1-5-32-25(33-6-2)21(28)15-9-11-19-17(13-15)23(30)24(31)18-14-16(10-12-20(18)27-19)22(29)26(34-7-3)35-8-4/h9-14,25-27H,5-8H2,1-4H3. The minimum absolute atomic E-state index is 0.0400. The fourth-order valence-corrected chi connectivity index (χ4v) is 3.66. The smallest absolute Gasteiger partial charge is 0.235 e. The maximum atomic E-state index is 13.1. The highest BCUT2D eigenvalue weighted by Crippen LogP contribution is 2.18. The molecule has 186 valence electrons. The summed E-state index contributed by atoms with van der Waals surface area (Å²) in [4.78, 5) is 55.0. The third-order valence-corrected chi connectivity index (χ3v) is 5.27. The molecule has 3 aromatic rings. The zero-order chi connectivity index (χ0) is 25.5. The van der Waals surface area contributed by atoms with E-state index in [0.717, 1.165) is 0 Å². The Labute approximate surface area is 202 Å². The average molecular weight is 484 g/mol. The van der Waals surface area contributed by atoms with Crippen molar-refractivity contribution in [3.8, 4) is 0 Å². The van der Waals surface area contributed by atoms with Gasteiger partial charge in [-0.15, -0.1) is 0 Å². The number of aromatic amines is 1. The predicted octanol–water partition coefficient (Wildman–Crippen LogP) is 3.21. The number of H-pyrrole nitrogens is 1. The van der Waals surface area contributed by atoms with E-state index in [1.807, 2.05) is 0 Å². The first-order valence-electron chi connectivity index (χ1n) is 11.5. The Morgan fingerprint density at radius 1 is 0.657 bits per heavy atom. The topological polar surface area (TPSA) is 121 Å². The molecule has 0 aliphatic rings. The Hall–Kier alpha value is -3.24. The van der Waals surface area contributed by atoms with Crippen LogP contribution in [0.1, 0.15) is 48.4 Å². The second-order valence-electron chi connectivity index (χ2n) is 7.52. The number of hydrogen-bond acceptors (Lipinski definition) is 8. The maximum absolute atomic E-state index is 13.1. The summed E-state index contributed by atoms with van der Waals surface area (Å²) in [5.41, 5.74) is -0.525. The molecule has 0 aliphatic carbocycles. The van der Waals surface area contributed by atoms with Crippen LogP contribution < -0.4 is 10.9 Å². The number of benzene rings is 2. The molecule has 0 unspecified atom stereocenters. The molecule has 0 aliphatic heterocycles. The van der Waals surface area contributed by atoms with E-state index in [2.05, 4.69) is 4.98 Å². The van der Waals surface area contributed by atoms with Gasteiger partial charge in [0.05, 0.1) is 10.8 Å². The van der Waals surface area contributed by atoms with Crippen LogP contribution in [0.5, 0.6) is 0 Å². The number of rotatable bonds is 12. The van der Waals surface area contributed by atoms with E-state index in [-0.39, 0.29) is 48.3 Å². The molecule has 0 saturated heterocycles. The summed E-state index contributed by atoms with van der Waals surface area (Å²) in [7, 11) is 0. The minimum atomic E-state index is -1.11. The highest BCUT2D eigenvalue weighted by Gasteiger charge is 2.23. The number of ketones is 2. The summed E-state index contributed by atoms with van der Waals surface area (Å²) < 4.78 is 21.5. The van der Waals surface area contributed by atoms with E-state index in [4.69, 9.17) is 18.9 Å². The van der Waals surface area contributed by atoms with Gasteiger partial charge in [-0.2, -0.15) is 0 Å². The molecule has 0 saturated carbocycles. The fourth-order valence-electron chi connectivity index (χ4n) is 3.66. The number of aromatic nitrogens is 1. The lowest BCUT2D eigenvalue weighted by atomic mass is 10.1. The molecule has 9 nitrogen and oxygen atoms in total. The Bertz CT molecular complexity index is 1230. The third kappa shape index (κ3) is 5.71. The third-order valence-electron chi connectivity index (χ3n) is 5.27. The highest BCUT2D eigenvalue weighted by molar-refractivity contribution is 6.03. The average Bonchev–Trinajstić information content (AvgIpc) is 2.96. The van der Waals surface area contributed by atoms with Crippen molar-refractivity contribution >= 4 is 33.4 Å². The summed E-state index contributed by atoms with van der Waals surface area (Å²) in [6, 6.07) is 8.89. The molecule has 1 heterocycles. The minimum Gasteiger partial charge on any atom is -0.354 e. The van der Waals surface area contributed by atoms with E-state index in [1.54, 1.807) is 39.8 Å². The molecule has 9 heteroatoms. The Morgan fingerprint density at radius 3 is 1.31 bits per heavy atom. The number of ether oxygens (including phenoxy) is 4. The monoisotopic (exact) mass is 483 g/mol. The highest BCUT2D eigenvalue weighted by atomic mass is 16.7. The van der Waals surface area contributed by atoms with Crippen LogP contribution in [0.25, 0.3) is 21.8 Å². The van der Waals surface area contributed by atoms with Gasteiger partial charge in [0.2, 0.25) is 35.0 Å². The molecular weight excluding hydrogens is 454 g/mol. The molecule has 0 radical (unpaired) electrons. The largest absolute Gasteiger partial charge is 0.354 e. The van der Waals surface area contributed by atoms with Crippen LogP contribution in [0.3, 0.4) is 0 Å².